The molecule has 6 nitrogen and oxygen atoms in total. The molecular weight excluding hydrogens is 296 g/mol. The molecule has 20 heavy (non-hydrogen) atoms. The summed E-state index contributed by atoms with van der Waals surface area (Å²) >= 11 is 2.80. The summed E-state index contributed by atoms with van der Waals surface area (Å²) in [6.45, 7) is 4.09. The summed E-state index contributed by atoms with van der Waals surface area (Å²) in [4.78, 5) is 23.2. The van der Waals surface area contributed by atoms with E-state index in [1.54, 1.807) is 0 Å². The van der Waals surface area contributed by atoms with Crippen molar-refractivity contribution in [2.24, 2.45) is 10.2 Å². The molecule has 2 aliphatic heterocycles. The van der Waals surface area contributed by atoms with Crippen molar-refractivity contribution in [2.45, 2.75) is 50.0 Å². The van der Waals surface area contributed by atoms with Gasteiger partial charge in [-0.25, -0.2) is 0 Å². The fourth-order valence-electron chi connectivity index (χ4n) is 1.90. The maximum absolute atomic E-state index is 11.6. The molecule has 2 rings (SSSR count). The van der Waals surface area contributed by atoms with Gasteiger partial charge in [0.15, 0.2) is 10.3 Å². The van der Waals surface area contributed by atoms with Gasteiger partial charge in [0.2, 0.25) is 11.8 Å². The summed E-state index contributed by atoms with van der Waals surface area (Å²) in [5.41, 5.74) is 0. The fourth-order valence-corrected chi connectivity index (χ4v) is 3.97. The van der Waals surface area contributed by atoms with Crippen LogP contribution in [0.15, 0.2) is 10.2 Å². The van der Waals surface area contributed by atoms with Crippen molar-refractivity contribution in [2.75, 3.05) is 0 Å². The van der Waals surface area contributed by atoms with Gasteiger partial charge in [-0.3, -0.25) is 9.59 Å². The molecule has 2 heterocycles. The van der Waals surface area contributed by atoms with Crippen LogP contribution in [-0.4, -0.2) is 32.6 Å². The molecule has 0 aromatic heterocycles. The molecule has 2 N–H and O–H groups in total. The summed E-state index contributed by atoms with van der Waals surface area (Å²) in [6, 6.07) is 0. The number of hydrogen-bond donors (Lipinski definition) is 2. The molecule has 2 amide bonds. The minimum Gasteiger partial charge on any atom is -0.303 e. The number of carbonyl (C=O) groups excluding carboxylic acids is 2. The van der Waals surface area contributed by atoms with Crippen molar-refractivity contribution in [1.82, 2.24) is 10.6 Å². The number of hydrogen-bond acceptors (Lipinski definition) is 6. The van der Waals surface area contributed by atoms with Gasteiger partial charge in [-0.1, -0.05) is 50.2 Å². The van der Waals surface area contributed by atoms with E-state index in [1.165, 1.54) is 23.5 Å². The molecule has 8 heteroatoms. The van der Waals surface area contributed by atoms with Crippen LogP contribution in [0.5, 0.6) is 0 Å². The first-order chi connectivity index (χ1) is 9.63. The van der Waals surface area contributed by atoms with Crippen LogP contribution in [0.1, 0.15) is 39.5 Å². The molecule has 0 aliphatic carbocycles. The van der Waals surface area contributed by atoms with E-state index in [0.29, 0.717) is 10.3 Å². The third-order valence-electron chi connectivity index (χ3n) is 2.89. The number of amidine groups is 2. The second kappa shape index (κ2) is 7.12. The van der Waals surface area contributed by atoms with Crippen LogP contribution in [0.25, 0.3) is 0 Å². The van der Waals surface area contributed by atoms with Crippen LogP contribution < -0.4 is 10.6 Å². The standard InChI is InChI=1S/C12H18N4O2S2/c1-3-5-7-9(17)13-11(19-7)15-16-12-14-10(18)8(20-12)6-4-2/h7-8H,3-6H2,1-2H3,(H,13,15,17)(H,14,16,18). The van der Waals surface area contributed by atoms with Gasteiger partial charge in [0.1, 0.15) is 0 Å². The zero-order chi connectivity index (χ0) is 14.5. The second-order valence-corrected chi connectivity index (χ2v) is 6.96. The zero-order valence-electron chi connectivity index (χ0n) is 11.5. The summed E-state index contributed by atoms with van der Waals surface area (Å²) in [6.07, 6.45) is 3.57. The van der Waals surface area contributed by atoms with Crippen molar-refractivity contribution in [3.8, 4) is 0 Å². The first-order valence-electron chi connectivity index (χ1n) is 6.74. The lowest BCUT2D eigenvalue weighted by atomic mass is 10.2. The average molecular weight is 314 g/mol. The highest BCUT2D eigenvalue weighted by Gasteiger charge is 2.31. The number of amides is 2. The molecular formula is C12H18N4O2S2. The zero-order valence-corrected chi connectivity index (χ0v) is 13.1. The molecule has 0 radical (unpaired) electrons. The fraction of sp³-hybridized carbons (Fsp3) is 0.667. The lowest BCUT2D eigenvalue weighted by Gasteiger charge is -1.99. The molecule has 0 bridgehead atoms. The Morgan fingerprint density at radius 2 is 1.30 bits per heavy atom. The molecule has 2 fully saturated rings. The van der Waals surface area contributed by atoms with Gasteiger partial charge in [-0.15, -0.1) is 10.2 Å². The van der Waals surface area contributed by atoms with Gasteiger partial charge in [0.25, 0.3) is 0 Å². The average Bonchev–Trinajstić information content (AvgIpc) is 2.93. The Labute approximate surface area is 126 Å². The summed E-state index contributed by atoms with van der Waals surface area (Å²) in [7, 11) is 0. The van der Waals surface area contributed by atoms with E-state index in [9.17, 15) is 9.59 Å². The second-order valence-electron chi connectivity index (χ2n) is 4.58. The lowest BCUT2D eigenvalue weighted by Crippen LogP contribution is -2.25. The quantitative estimate of drug-likeness (QED) is 0.756. The topological polar surface area (TPSA) is 82.9 Å². The van der Waals surface area contributed by atoms with E-state index < -0.39 is 0 Å². The maximum Gasteiger partial charge on any atom is 0.239 e. The first kappa shape index (κ1) is 15.4. The van der Waals surface area contributed by atoms with Crippen molar-refractivity contribution in [3.63, 3.8) is 0 Å². The normalized spacial score (nSPS) is 30.1. The van der Waals surface area contributed by atoms with Gasteiger partial charge < -0.3 is 10.6 Å². The minimum atomic E-state index is -0.0717. The molecule has 2 atom stereocenters. The van der Waals surface area contributed by atoms with Crippen LogP contribution in [0.2, 0.25) is 0 Å². The third-order valence-corrected chi connectivity index (χ3v) is 5.17. The molecule has 0 aromatic carbocycles. The van der Waals surface area contributed by atoms with Gasteiger partial charge in [-0.05, 0) is 12.8 Å². The van der Waals surface area contributed by atoms with E-state index in [2.05, 4.69) is 20.8 Å². The summed E-state index contributed by atoms with van der Waals surface area (Å²) < 4.78 is 0. The third kappa shape index (κ3) is 3.76. The first-order valence-corrected chi connectivity index (χ1v) is 8.50. The molecule has 0 aromatic rings. The Kier molecular flexibility index (Phi) is 5.47. The van der Waals surface area contributed by atoms with E-state index in [1.807, 2.05) is 13.8 Å². The molecule has 2 unspecified atom stereocenters. The van der Waals surface area contributed by atoms with Crippen LogP contribution in [0.3, 0.4) is 0 Å². The number of rotatable bonds is 5. The van der Waals surface area contributed by atoms with Gasteiger partial charge in [-0.2, -0.15) is 0 Å². The van der Waals surface area contributed by atoms with Crippen LogP contribution in [0, 0.1) is 0 Å². The Bertz CT molecular complexity index is 422. The Hall–Kier alpha value is -1.02. The van der Waals surface area contributed by atoms with Crippen LogP contribution in [-0.2, 0) is 9.59 Å². The van der Waals surface area contributed by atoms with Crippen molar-refractivity contribution < 1.29 is 9.59 Å². The summed E-state index contributed by atoms with van der Waals surface area (Å²) in [5.74, 6) is -0.0226. The predicted octanol–water partition coefficient (Wildman–Crippen LogP) is 1.68. The molecule has 2 aliphatic rings. The van der Waals surface area contributed by atoms with Crippen LogP contribution >= 0.6 is 23.5 Å². The Morgan fingerprint density at radius 1 is 0.900 bits per heavy atom. The highest BCUT2D eigenvalue weighted by Crippen LogP contribution is 2.25. The highest BCUT2D eigenvalue weighted by molar-refractivity contribution is 8.16. The Balaban J connectivity index is 1.94. The van der Waals surface area contributed by atoms with Crippen molar-refractivity contribution in [1.29, 1.82) is 0 Å². The number of nitrogens with one attached hydrogen (secondary N) is 2. The monoisotopic (exact) mass is 314 g/mol. The number of nitrogens with zero attached hydrogens (tertiary/aromatic N) is 2. The molecule has 110 valence electrons. The lowest BCUT2D eigenvalue weighted by molar-refractivity contribution is -0.119. The van der Waals surface area contributed by atoms with E-state index in [0.717, 1.165) is 25.7 Å². The van der Waals surface area contributed by atoms with E-state index in [-0.39, 0.29) is 22.3 Å². The molecule has 0 spiro atoms. The van der Waals surface area contributed by atoms with Crippen molar-refractivity contribution in [3.05, 3.63) is 0 Å². The number of carbonyl (C=O) groups is 2. The van der Waals surface area contributed by atoms with E-state index >= 15 is 0 Å². The molecule has 2 saturated heterocycles. The van der Waals surface area contributed by atoms with Crippen LogP contribution in [0.4, 0.5) is 0 Å². The van der Waals surface area contributed by atoms with E-state index in [4.69, 9.17) is 0 Å². The molecule has 0 saturated carbocycles. The van der Waals surface area contributed by atoms with Crippen molar-refractivity contribution >= 4 is 45.7 Å². The van der Waals surface area contributed by atoms with Gasteiger partial charge in [0.05, 0.1) is 10.5 Å². The predicted molar refractivity (Wildman–Crippen MR) is 83.7 cm³/mol. The summed E-state index contributed by atoms with van der Waals surface area (Å²) in [5, 5.41) is 14.3. The highest BCUT2D eigenvalue weighted by atomic mass is 32.2. The Morgan fingerprint density at radius 3 is 1.65 bits per heavy atom. The largest absolute Gasteiger partial charge is 0.303 e. The van der Waals surface area contributed by atoms with Gasteiger partial charge in [0, 0.05) is 0 Å². The SMILES string of the molecule is CCCC1S/C(=N/N=C2\NC(=O)C(CCC)S2)NC1=O. The number of thioether (sulfide) groups is 2. The van der Waals surface area contributed by atoms with Gasteiger partial charge >= 0.3 is 0 Å². The smallest absolute Gasteiger partial charge is 0.239 e. The minimum absolute atomic E-state index is 0.0113. The maximum atomic E-state index is 11.6.